The van der Waals surface area contributed by atoms with E-state index in [1.807, 2.05) is 12.3 Å². The lowest BCUT2D eigenvalue weighted by molar-refractivity contribution is 1.07. The van der Waals surface area contributed by atoms with Gasteiger partial charge in [0.1, 0.15) is 0 Å². The predicted octanol–water partition coefficient (Wildman–Crippen LogP) is 4.71. The van der Waals surface area contributed by atoms with E-state index in [2.05, 4.69) is 64.3 Å². The highest BCUT2D eigenvalue weighted by molar-refractivity contribution is 7.98. The number of fused-ring (bicyclic) bond motifs is 2. The van der Waals surface area contributed by atoms with Crippen LogP contribution in [-0.4, -0.2) is 15.0 Å². The van der Waals surface area contributed by atoms with E-state index >= 15 is 0 Å². The minimum absolute atomic E-state index is 0.820. The molecule has 2 aromatic heterocycles. The van der Waals surface area contributed by atoms with Crippen LogP contribution in [0.1, 0.15) is 11.3 Å². The number of hydrogen-bond acceptors (Lipinski definition) is 3. The van der Waals surface area contributed by atoms with Crippen molar-refractivity contribution in [1.82, 2.24) is 15.0 Å². The molecule has 0 saturated carbocycles. The molecule has 108 valence electrons. The van der Waals surface area contributed by atoms with Crippen molar-refractivity contribution in [2.75, 3.05) is 0 Å². The van der Waals surface area contributed by atoms with E-state index in [9.17, 15) is 0 Å². The molecule has 0 saturated heterocycles. The Morgan fingerprint density at radius 3 is 2.68 bits per heavy atom. The van der Waals surface area contributed by atoms with Gasteiger partial charge in [-0.3, -0.25) is 4.98 Å². The van der Waals surface area contributed by atoms with E-state index in [0.29, 0.717) is 0 Å². The lowest BCUT2D eigenvalue weighted by Crippen LogP contribution is -1.87. The van der Waals surface area contributed by atoms with Crippen LogP contribution in [0.4, 0.5) is 0 Å². The summed E-state index contributed by atoms with van der Waals surface area (Å²) in [5.41, 5.74) is 4.41. The number of pyridine rings is 1. The van der Waals surface area contributed by atoms with Crippen molar-refractivity contribution in [1.29, 1.82) is 0 Å². The average Bonchev–Trinajstić information content (AvgIpc) is 2.92. The SMILES string of the molecule is Cc1ccnc(CSc2nc3cc4ccccc4cc3[nH]2)c1. The summed E-state index contributed by atoms with van der Waals surface area (Å²) in [4.78, 5) is 12.5. The highest BCUT2D eigenvalue weighted by Crippen LogP contribution is 2.26. The second-order valence-corrected chi connectivity index (χ2v) is 6.34. The molecule has 4 aromatic rings. The standard InChI is InChI=1S/C18H15N3S/c1-12-6-7-19-15(8-12)11-22-18-20-16-9-13-4-2-3-5-14(13)10-17(16)21-18/h2-10H,11H2,1H3,(H,20,21). The summed E-state index contributed by atoms with van der Waals surface area (Å²) in [7, 11) is 0. The Morgan fingerprint density at radius 1 is 1.05 bits per heavy atom. The van der Waals surface area contributed by atoms with Gasteiger partial charge in [0.15, 0.2) is 5.16 Å². The summed E-state index contributed by atoms with van der Waals surface area (Å²) in [5, 5.41) is 3.39. The van der Waals surface area contributed by atoms with E-state index in [0.717, 1.165) is 27.6 Å². The monoisotopic (exact) mass is 305 g/mol. The zero-order valence-corrected chi connectivity index (χ0v) is 13.0. The van der Waals surface area contributed by atoms with Gasteiger partial charge >= 0.3 is 0 Å². The maximum absolute atomic E-state index is 4.68. The highest BCUT2D eigenvalue weighted by atomic mass is 32.2. The summed E-state index contributed by atoms with van der Waals surface area (Å²) < 4.78 is 0. The zero-order chi connectivity index (χ0) is 14.9. The van der Waals surface area contributed by atoms with Gasteiger partial charge in [0.05, 0.1) is 16.7 Å². The number of thioether (sulfide) groups is 1. The molecule has 0 aliphatic carbocycles. The van der Waals surface area contributed by atoms with E-state index in [1.54, 1.807) is 11.8 Å². The molecule has 0 aliphatic rings. The normalized spacial score (nSPS) is 11.3. The second-order valence-electron chi connectivity index (χ2n) is 5.37. The summed E-state index contributed by atoms with van der Waals surface area (Å²) in [6, 6.07) is 16.8. The number of H-pyrrole nitrogens is 1. The fraction of sp³-hybridized carbons (Fsp3) is 0.111. The molecule has 22 heavy (non-hydrogen) atoms. The molecule has 2 heterocycles. The van der Waals surface area contributed by atoms with Crippen molar-refractivity contribution in [3.05, 3.63) is 66.0 Å². The van der Waals surface area contributed by atoms with Crippen molar-refractivity contribution in [2.45, 2.75) is 17.8 Å². The van der Waals surface area contributed by atoms with Gasteiger partial charge in [-0.25, -0.2) is 4.98 Å². The summed E-state index contributed by atoms with van der Waals surface area (Å²) in [5.74, 6) is 0.820. The third kappa shape index (κ3) is 2.57. The number of imidazole rings is 1. The Morgan fingerprint density at radius 2 is 1.86 bits per heavy atom. The first-order valence-electron chi connectivity index (χ1n) is 7.21. The Bertz CT molecular complexity index is 906. The van der Waals surface area contributed by atoms with E-state index in [1.165, 1.54) is 16.3 Å². The van der Waals surface area contributed by atoms with Crippen LogP contribution in [0, 0.1) is 6.92 Å². The third-order valence-corrected chi connectivity index (χ3v) is 4.56. The van der Waals surface area contributed by atoms with Crippen LogP contribution in [0.15, 0.2) is 59.9 Å². The molecule has 2 aromatic carbocycles. The number of nitrogens with one attached hydrogen (secondary N) is 1. The second kappa shape index (κ2) is 5.46. The number of aromatic nitrogens is 3. The molecule has 0 bridgehead atoms. The third-order valence-electron chi connectivity index (χ3n) is 3.66. The van der Waals surface area contributed by atoms with E-state index < -0.39 is 0 Å². The minimum Gasteiger partial charge on any atom is -0.333 e. The molecule has 3 nitrogen and oxygen atoms in total. The van der Waals surface area contributed by atoms with Gasteiger partial charge in [-0.15, -0.1) is 0 Å². The van der Waals surface area contributed by atoms with Crippen molar-refractivity contribution >= 4 is 33.6 Å². The smallest absolute Gasteiger partial charge is 0.166 e. The summed E-state index contributed by atoms with van der Waals surface area (Å²) >= 11 is 1.69. The van der Waals surface area contributed by atoms with Gasteiger partial charge in [0.2, 0.25) is 0 Å². The average molecular weight is 305 g/mol. The fourth-order valence-electron chi connectivity index (χ4n) is 2.56. The maximum Gasteiger partial charge on any atom is 0.166 e. The molecule has 4 rings (SSSR count). The Kier molecular flexibility index (Phi) is 3.31. The Hall–Kier alpha value is -2.33. The fourth-order valence-corrected chi connectivity index (χ4v) is 3.35. The number of benzene rings is 2. The molecule has 0 radical (unpaired) electrons. The van der Waals surface area contributed by atoms with Crippen molar-refractivity contribution in [3.8, 4) is 0 Å². The molecule has 0 aliphatic heterocycles. The van der Waals surface area contributed by atoms with E-state index in [4.69, 9.17) is 0 Å². The van der Waals surface area contributed by atoms with Crippen molar-refractivity contribution in [2.24, 2.45) is 0 Å². The van der Waals surface area contributed by atoms with E-state index in [-0.39, 0.29) is 0 Å². The minimum atomic E-state index is 0.820. The lowest BCUT2D eigenvalue weighted by Gasteiger charge is -1.99. The van der Waals surface area contributed by atoms with Crippen LogP contribution in [0.3, 0.4) is 0 Å². The Balaban J connectivity index is 1.63. The van der Waals surface area contributed by atoms with Crippen LogP contribution < -0.4 is 0 Å². The highest BCUT2D eigenvalue weighted by Gasteiger charge is 2.06. The first kappa shape index (κ1) is 13.3. The van der Waals surface area contributed by atoms with Gasteiger partial charge in [0, 0.05) is 11.9 Å². The van der Waals surface area contributed by atoms with Crippen LogP contribution in [-0.2, 0) is 5.75 Å². The van der Waals surface area contributed by atoms with Gasteiger partial charge in [0.25, 0.3) is 0 Å². The number of aryl methyl sites for hydroxylation is 1. The summed E-state index contributed by atoms with van der Waals surface area (Å²) in [6.45, 7) is 2.09. The van der Waals surface area contributed by atoms with Crippen LogP contribution in [0.5, 0.6) is 0 Å². The number of nitrogens with zero attached hydrogens (tertiary/aromatic N) is 2. The quantitative estimate of drug-likeness (QED) is 0.557. The lowest BCUT2D eigenvalue weighted by atomic mass is 10.1. The topological polar surface area (TPSA) is 41.6 Å². The molecule has 4 heteroatoms. The molecule has 0 atom stereocenters. The molecular weight excluding hydrogens is 290 g/mol. The molecule has 1 N–H and O–H groups in total. The number of hydrogen-bond donors (Lipinski definition) is 1. The van der Waals surface area contributed by atoms with Crippen molar-refractivity contribution < 1.29 is 0 Å². The molecule has 0 spiro atoms. The number of rotatable bonds is 3. The molecular formula is C18H15N3S. The van der Waals surface area contributed by atoms with Crippen LogP contribution >= 0.6 is 11.8 Å². The maximum atomic E-state index is 4.68. The largest absolute Gasteiger partial charge is 0.333 e. The van der Waals surface area contributed by atoms with Gasteiger partial charge in [-0.05, 0) is 47.5 Å². The Labute approximate surface area is 132 Å². The summed E-state index contributed by atoms with van der Waals surface area (Å²) in [6.07, 6.45) is 1.86. The first-order valence-corrected chi connectivity index (χ1v) is 8.19. The predicted molar refractivity (Wildman–Crippen MR) is 92.1 cm³/mol. The van der Waals surface area contributed by atoms with Gasteiger partial charge in [-0.2, -0.15) is 0 Å². The molecule has 0 unspecified atom stereocenters. The number of aromatic amines is 1. The zero-order valence-electron chi connectivity index (χ0n) is 12.2. The molecule has 0 fully saturated rings. The molecule has 0 amide bonds. The first-order chi connectivity index (χ1) is 10.8. The van der Waals surface area contributed by atoms with Gasteiger partial charge < -0.3 is 4.98 Å². The van der Waals surface area contributed by atoms with Crippen molar-refractivity contribution in [3.63, 3.8) is 0 Å². The van der Waals surface area contributed by atoms with Crippen LogP contribution in [0.2, 0.25) is 0 Å². The van der Waals surface area contributed by atoms with Gasteiger partial charge in [-0.1, -0.05) is 36.0 Å². The van der Waals surface area contributed by atoms with Crippen LogP contribution in [0.25, 0.3) is 21.8 Å².